The number of nitrogens with one attached hydrogen (secondary N) is 2. The molecule has 0 bridgehead atoms. The van der Waals surface area contributed by atoms with E-state index in [4.69, 9.17) is 4.74 Å². The van der Waals surface area contributed by atoms with Gasteiger partial charge in [0.25, 0.3) is 0 Å². The summed E-state index contributed by atoms with van der Waals surface area (Å²) in [7, 11) is 1.34. The van der Waals surface area contributed by atoms with Gasteiger partial charge in [0.1, 0.15) is 0 Å². The molecule has 0 fully saturated rings. The number of rotatable bonds is 7. The standard InChI is InChI=1S/C16H20N2O3/c1-3-21-15(10-16(19)20-2)17-9-8-12-11-18-14-7-5-4-6-13(12)14/h4-7,10-11,17-18H,3,8-9H2,1-2H3/b15-10+. The molecule has 0 aliphatic carbocycles. The molecule has 0 unspecified atom stereocenters. The Hall–Kier alpha value is -2.43. The van der Waals surface area contributed by atoms with Crippen molar-refractivity contribution in [2.24, 2.45) is 0 Å². The van der Waals surface area contributed by atoms with Crippen LogP contribution in [0.4, 0.5) is 0 Å². The number of hydrogen-bond acceptors (Lipinski definition) is 4. The van der Waals surface area contributed by atoms with Crippen molar-refractivity contribution in [3.63, 3.8) is 0 Å². The molecule has 5 nitrogen and oxygen atoms in total. The molecule has 5 heteroatoms. The third-order valence-electron chi connectivity index (χ3n) is 3.12. The average molecular weight is 288 g/mol. The molecule has 1 heterocycles. The third kappa shape index (κ3) is 4.02. The number of methoxy groups -OCH3 is 1. The summed E-state index contributed by atoms with van der Waals surface area (Å²) < 4.78 is 9.96. The number of carbonyl (C=O) groups excluding carboxylic acids is 1. The monoisotopic (exact) mass is 288 g/mol. The summed E-state index contributed by atoms with van der Waals surface area (Å²) in [5, 5.41) is 4.33. The molecule has 112 valence electrons. The van der Waals surface area contributed by atoms with Crippen LogP contribution < -0.4 is 5.32 Å². The van der Waals surface area contributed by atoms with Crippen molar-refractivity contribution < 1.29 is 14.3 Å². The predicted octanol–water partition coefficient (Wildman–Crippen LogP) is 2.35. The number of aromatic amines is 1. The Labute approximate surface area is 123 Å². The SMILES string of the molecule is CCO/C(=C/C(=O)OC)NCCc1c[nH]c2ccccc12. The number of ether oxygens (including phenoxy) is 2. The van der Waals surface area contributed by atoms with Gasteiger partial charge in [-0.2, -0.15) is 0 Å². The fraction of sp³-hybridized carbons (Fsp3) is 0.312. The Balaban J connectivity index is 1.96. The number of esters is 1. The average Bonchev–Trinajstić information content (AvgIpc) is 2.91. The summed E-state index contributed by atoms with van der Waals surface area (Å²) in [5.41, 5.74) is 2.36. The quantitative estimate of drug-likeness (QED) is 0.466. The maximum Gasteiger partial charge on any atom is 0.335 e. The first kappa shape index (κ1) is 15.0. The first-order valence-electron chi connectivity index (χ1n) is 6.96. The molecule has 2 rings (SSSR count). The van der Waals surface area contributed by atoms with E-state index in [0.29, 0.717) is 19.0 Å². The van der Waals surface area contributed by atoms with Crippen molar-refractivity contribution >= 4 is 16.9 Å². The van der Waals surface area contributed by atoms with Gasteiger partial charge in [-0.05, 0) is 25.0 Å². The van der Waals surface area contributed by atoms with Crippen LogP contribution in [0, 0.1) is 0 Å². The number of para-hydroxylation sites is 1. The number of fused-ring (bicyclic) bond motifs is 1. The van der Waals surface area contributed by atoms with Crippen LogP contribution in [0.1, 0.15) is 12.5 Å². The fourth-order valence-corrected chi connectivity index (χ4v) is 2.12. The van der Waals surface area contributed by atoms with Crippen molar-refractivity contribution in [2.75, 3.05) is 20.3 Å². The highest BCUT2D eigenvalue weighted by molar-refractivity contribution is 5.83. The summed E-state index contributed by atoms with van der Waals surface area (Å²) in [6.45, 7) is 3.03. The zero-order valence-corrected chi connectivity index (χ0v) is 12.3. The summed E-state index contributed by atoms with van der Waals surface area (Å²) >= 11 is 0. The normalized spacial score (nSPS) is 11.4. The van der Waals surface area contributed by atoms with E-state index in [1.807, 2.05) is 25.3 Å². The van der Waals surface area contributed by atoms with Gasteiger partial charge in [0.2, 0.25) is 0 Å². The van der Waals surface area contributed by atoms with E-state index in [9.17, 15) is 4.79 Å². The van der Waals surface area contributed by atoms with E-state index >= 15 is 0 Å². The molecule has 2 N–H and O–H groups in total. The highest BCUT2D eigenvalue weighted by atomic mass is 16.5. The maximum absolute atomic E-state index is 11.2. The molecule has 21 heavy (non-hydrogen) atoms. The molecule has 0 saturated heterocycles. The van der Waals surface area contributed by atoms with Crippen LogP contribution >= 0.6 is 0 Å². The van der Waals surface area contributed by atoms with Crippen molar-refractivity contribution in [3.8, 4) is 0 Å². The van der Waals surface area contributed by atoms with Gasteiger partial charge in [0.15, 0.2) is 5.88 Å². The van der Waals surface area contributed by atoms with Crippen LogP contribution in [0.15, 0.2) is 42.4 Å². The zero-order chi connectivity index (χ0) is 15.1. The topological polar surface area (TPSA) is 63.4 Å². The lowest BCUT2D eigenvalue weighted by atomic mass is 10.1. The summed E-state index contributed by atoms with van der Waals surface area (Å²) in [6.07, 6.45) is 4.16. The van der Waals surface area contributed by atoms with E-state index in [1.54, 1.807) is 0 Å². The first-order valence-corrected chi connectivity index (χ1v) is 6.96. The Kier molecular flexibility index (Phi) is 5.26. The predicted molar refractivity (Wildman–Crippen MR) is 81.7 cm³/mol. The number of hydrogen-bond donors (Lipinski definition) is 2. The van der Waals surface area contributed by atoms with Crippen LogP contribution in [0.25, 0.3) is 10.9 Å². The van der Waals surface area contributed by atoms with Crippen molar-refractivity contribution in [1.29, 1.82) is 0 Å². The van der Waals surface area contributed by atoms with E-state index in [-0.39, 0.29) is 0 Å². The Morgan fingerprint density at radius 3 is 2.95 bits per heavy atom. The molecule has 0 atom stereocenters. The Morgan fingerprint density at radius 2 is 2.19 bits per heavy atom. The number of H-pyrrole nitrogens is 1. The van der Waals surface area contributed by atoms with Crippen LogP contribution in [0.3, 0.4) is 0 Å². The van der Waals surface area contributed by atoms with Gasteiger partial charge >= 0.3 is 5.97 Å². The smallest absolute Gasteiger partial charge is 0.335 e. The van der Waals surface area contributed by atoms with Gasteiger partial charge < -0.3 is 19.8 Å². The molecule has 1 aromatic heterocycles. The van der Waals surface area contributed by atoms with Gasteiger partial charge in [0, 0.05) is 23.6 Å². The molecule has 0 spiro atoms. The van der Waals surface area contributed by atoms with E-state index in [1.165, 1.54) is 24.1 Å². The highest BCUT2D eigenvalue weighted by Crippen LogP contribution is 2.17. The van der Waals surface area contributed by atoms with Crippen molar-refractivity contribution in [3.05, 3.63) is 48.0 Å². The molecule has 1 aromatic carbocycles. The van der Waals surface area contributed by atoms with Gasteiger partial charge in [-0.15, -0.1) is 0 Å². The molecule has 0 radical (unpaired) electrons. The lowest BCUT2D eigenvalue weighted by Gasteiger charge is -2.10. The minimum absolute atomic E-state index is 0.432. The van der Waals surface area contributed by atoms with Crippen molar-refractivity contribution in [2.45, 2.75) is 13.3 Å². The molecule has 0 amide bonds. The van der Waals surface area contributed by atoms with Crippen LogP contribution in [-0.2, 0) is 20.7 Å². The summed E-state index contributed by atoms with van der Waals surface area (Å²) in [5.74, 6) is 0.00207. The largest absolute Gasteiger partial charge is 0.479 e. The van der Waals surface area contributed by atoms with Gasteiger partial charge in [-0.3, -0.25) is 0 Å². The van der Waals surface area contributed by atoms with E-state index < -0.39 is 5.97 Å². The first-order chi connectivity index (χ1) is 10.2. The second-order valence-electron chi connectivity index (χ2n) is 4.50. The molecular weight excluding hydrogens is 268 g/mol. The lowest BCUT2D eigenvalue weighted by Crippen LogP contribution is -2.20. The lowest BCUT2D eigenvalue weighted by molar-refractivity contribution is -0.135. The molecule has 0 aliphatic heterocycles. The second-order valence-corrected chi connectivity index (χ2v) is 4.50. The highest BCUT2D eigenvalue weighted by Gasteiger charge is 2.05. The van der Waals surface area contributed by atoms with Crippen LogP contribution in [0.2, 0.25) is 0 Å². The zero-order valence-electron chi connectivity index (χ0n) is 12.3. The molecule has 0 aliphatic rings. The van der Waals surface area contributed by atoms with Gasteiger partial charge in [0.05, 0.1) is 19.8 Å². The Morgan fingerprint density at radius 1 is 1.38 bits per heavy atom. The number of carbonyl (C=O) groups is 1. The summed E-state index contributed by atoms with van der Waals surface area (Å²) in [6, 6.07) is 8.17. The van der Waals surface area contributed by atoms with E-state index in [0.717, 1.165) is 11.9 Å². The molecule has 2 aromatic rings. The summed E-state index contributed by atoms with van der Waals surface area (Å²) in [4.78, 5) is 14.5. The minimum atomic E-state index is -0.432. The number of benzene rings is 1. The maximum atomic E-state index is 11.2. The number of aromatic nitrogens is 1. The van der Waals surface area contributed by atoms with E-state index in [2.05, 4.69) is 27.2 Å². The Bertz CT molecular complexity index is 631. The van der Waals surface area contributed by atoms with Crippen molar-refractivity contribution in [1.82, 2.24) is 10.3 Å². The second kappa shape index (κ2) is 7.38. The minimum Gasteiger partial charge on any atom is -0.479 e. The molecular formula is C16H20N2O3. The van der Waals surface area contributed by atoms with Gasteiger partial charge in [-0.1, -0.05) is 18.2 Å². The molecule has 0 saturated carbocycles. The van der Waals surface area contributed by atoms with Crippen LogP contribution in [0.5, 0.6) is 0 Å². The van der Waals surface area contributed by atoms with Crippen LogP contribution in [-0.4, -0.2) is 31.2 Å². The fourth-order valence-electron chi connectivity index (χ4n) is 2.12. The van der Waals surface area contributed by atoms with Gasteiger partial charge in [-0.25, -0.2) is 4.79 Å². The third-order valence-corrected chi connectivity index (χ3v) is 3.12.